The van der Waals surface area contributed by atoms with E-state index < -0.39 is 0 Å². The van der Waals surface area contributed by atoms with Crippen LogP contribution < -0.4 is 14.8 Å². The van der Waals surface area contributed by atoms with Gasteiger partial charge in [-0.15, -0.1) is 11.3 Å². The quantitative estimate of drug-likeness (QED) is 0.861. The minimum Gasteiger partial charge on any atom is -0.486 e. The maximum absolute atomic E-state index is 11.7. The van der Waals surface area contributed by atoms with Crippen molar-refractivity contribution in [1.29, 1.82) is 0 Å². The summed E-state index contributed by atoms with van der Waals surface area (Å²) in [6, 6.07) is 9.59. The first-order valence-electron chi connectivity index (χ1n) is 7.21. The van der Waals surface area contributed by atoms with Crippen LogP contribution in [0.5, 0.6) is 11.5 Å². The first-order chi connectivity index (χ1) is 10.8. The van der Waals surface area contributed by atoms with Crippen LogP contribution in [-0.4, -0.2) is 25.7 Å². The van der Waals surface area contributed by atoms with Crippen LogP contribution in [0.25, 0.3) is 6.08 Å². The number of nitrogens with one attached hydrogen (secondary N) is 1. The highest BCUT2D eigenvalue weighted by atomic mass is 32.1. The van der Waals surface area contributed by atoms with Crippen LogP contribution in [0.4, 0.5) is 0 Å². The van der Waals surface area contributed by atoms with Gasteiger partial charge in [0.2, 0.25) is 0 Å². The van der Waals surface area contributed by atoms with E-state index in [1.165, 1.54) is 11.3 Å². The number of thiophene rings is 1. The second-order valence-electron chi connectivity index (χ2n) is 4.83. The largest absolute Gasteiger partial charge is 0.486 e. The van der Waals surface area contributed by atoms with E-state index in [1.807, 2.05) is 47.9 Å². The lowest BCUT2D eigenvalue weighted by Gasteiger charge is -2.18. The molecule has 1 aliphatic rings. The number of carbonyl (C=O) groups excluding carboxylic acids is 1. The fourth-order valence-corrected chi connectivity index (χ4v) is 2.79. The predicted octanol–water partition coefficient (Wildman–Crippen LogP) is 3.35. The van der Waals surface area contributed by atoms with Gasteiger partial charge >= 0.3 is 0 Å². The Morgan fingerprint density at radius 1 is 1.23 bits per heavy atom. The first-order valence-corrected chi connectivity index (χ1v) is 8.09. The lowest BCUT2D eigenvalue weighted by molar-refractivity contribution is 0.0958. The molecule has 2 heterocycles. The summed E-state index contributed by atoms with van der Waals surface area (Å²) < 4.78 is 11.0. The van der Waals surface area contributed by atoms with Gasteiger partial charge in [-0.05, 0) is 35.6 Å². The van der Waals surface area contributed by atoms with Gasteiger partial charge in [0.05, 0.1) is 4.88 Å². The molecule has 1 aromatic heterocycles. The molecule has 4 nitrogen and oxygen atoms in total. The second-order valence-corrected chi connectivity index (χ2v) is 5.78. The zero-order valence-corrected chi connectivity index (χ0v) is 12.9. The number of carbonyl (C=O) groups is 1. The van der Waals surface area contributed by atoms with Crippen LogP contribution in [0.15, 0.2) is 41.8 Å². The van der Waals surface area contributed by atoms with Crippen molar-refractivity contribution >= 4 is 23.3 Å². The molecule has 1 aliphatic heterocycles. The highest BCUT2D eigenvalue weighted by molar-refractivity contribution is 7.12. The minimum absolute atomic E-state index is 0.0114. The van der Waals surface area contributed by atoms with Gasteiger partial charge in [0.1, 0.15) is 13.2 Å². The lowest BCUT2D eigenvalue weighted by atomic mass is 10.1. The summed E-state index contributed by atoms with van der Waals surface area (Å²) >= 11 is 1.45. The number of benzene rings is 1. The fraction of sp³-hybridized carbons (Fsp3) is 0.235. The Morgan fingerprint density at radius 2 is 2.09 bits per heavy atom. The van der Waals surface area contributed by atoms with Crippen molar-refractivity contribution in [1.82, 2.24) is 5.32 Å². The standard InChI is InChI=1S/C17H17NO3S/c19-17(16-5-3-11-22-16)18-8-2-1-4-13-6-7-14-15(12-13)21-10-9-20-14/h1,3-7,11-12H,2,8-10H2,(H,18,19)/b4-1+. The summed E-state index contributed by atoms with van der Waals surface area (Å²) in [6.07, 6.45) is 4.85. The van der Waals surface area contributed by atoms with E-state index in [1.54, 1.807) is 0 Å². The molecule has 114 valence electrons. The molecule has 0 aliphatic carbocycles. The van der Waals surface area contributed by atoms with Crippen molar-refractivity contribution in [3.8, 4) is 11.5 Å². The smallest absolute Gasteiger partial charge is 0.261 e. The summed E-state index contributed by atoms with van der Waals surface area (Å²) in [5.74, 6) is 1.58. The monoisotopic (exact) mass is 315 g/mol. The summed E-state index contributed by atoms with van der Waals surface area (Å²) in [7, 11) is 0. The molecule has 0 bridgehead atoms. The molecular weight excluding hydrogens is 298 g/mol. The summed E-state index contributed by atoms with van der Waals surface area (Å²) in [6.45, 7) is 1.82. The number of ether oxygens (including phenoxy) is 2. The van der Waals surface area contributed by atoms with E-state index >= 15 is 0 Å². The molecular formula is C17H17NO3S. The van der Waals surface area contributed by atoms with Crippen LogP contribution in [0.1, 0.15) is 21.7 Å². The Balaban J connectivity index is 1.47. The van der Waals surface area contributed by atoms with Crippen molar-refractivity contribution in [3.05, 3.63) is 52.2 Å². The zero-order valence-electron chi connectivity index (χ0n) is 12.1. The third-order valence-electron chi connectivity index (χ3n) is 3.22. The Kier molecular flexibility index (Phi) is 4.75. The minimum atomic E-state index is -0.0114. The highest BCUT2D eigenvalue weighted by Crippen LogP contribution is 2.31. The summed E-state index contributed by atoms with van der Waals surface area (Å²) in [5.41, 5.74) is 1.06. The van der Waals surface area contributed by atoms with Crippen LogP contribution >= 0.6 is 11.3 Å². The van der Waals surface area contributed by atoms with E-state index in [0.717, 1.165) is 28.4 Å². The average molecular weight is 315 g/mol. The molecule has 2 aromatic rings. The molecule has 0 saturated heterocycles. The summed E-state index contributed by atoms with van der Waals surface area (Å²) in [5, 5.41) is 4.80. The molecule has 1 N–H and O–H groups in total. The van der Waals surface area contributed by atoms with E-state index in [0.29, 0.717) is 19.8 Å². The highest BCUT2D eigenvalue weighted by Gasteiger charge is 2.10. The number of amides is 1. The molecule has 0 radical (unpaired) electrons. The molecule has 0 spiro atoms. The topological polar surface area (TPSA) is 47.6 Å². The molecule has 0 atom stereocenters. The van der Waals surface area contributed by atoms with E-state index in [2.05, 4.69) is 5.32 Å². The van der Waals surface area contributed by atoms with E-state index in [9.17, 15) is 4.79 Å². The third kappa shape index (κ3) is 3.68. The molecule has 22 heavy (non-hydrogen) atoms. The Morgan fingerprint density at radius 3 is 2.91 bits per heavy atom. The number of hydrogen-bond donors (Lipinski definition) is 1. The molecule has 1 aromatic carbocycles. The van der Waals surface area contributed by atoms with Gasteiger partial charge in [-0.3, -0.25) is 4.79 Å². The van der Waals surface area contributed by atoms with Gasteiger partial charge in [-0.2, -0.15) is 0 Å². The normalized spacial score (nSPS) is 13.3. The Labute approximate surface area is 133 Å². The van der Waals surface area contributed by atoms with Crippen molar-refractivity contribution in [2.24, 2.45) is 0 Å². The van der Waals surface area contributed by atoms with Crippen molar-refractivity contribution < 1.29 is 14.3 Å². The van der Waals surface area contributed by atoms with Crippen LogP contribution in [0.3, 0.4) is 0 Å². The number of fused-ring (bicyclic) bond motifs is 1. The SMILES string of the molecule is O=C(NCC/C=C/c1ccc2c(c1)OCCO2)c1cccs1. The van der Waals surface area contributed by atoms with Crippen LogP contribution in [0.2, 0.25) is 0 Å². The Hall–Kier alpha value is -2.27. The van der Waals surface area contributed by atoms with Gasteiger partial charge in [0.15, 0.2) is 11.5 Å². The number of hydrogen-bond acceptors (Lipinski definition) is 4. The zero-order chi connectivity index (χ0) is 15.2. The second kappa shape index (κ2) is 7.13. The molecule has 0 unspecified atom stereocenters. The lowest BCUT2D eigenvalue weighted by Crippen LogP contribution is -2.23. The number of rotatable bonds is 5. The van der Waals surface area contributed by atoms with Crippen molar-refractivity contribution in [2.45, 2.75) is 6.42 Å². The maximum atomic E-state index is 11.7. The van der Waals surface area contributed by atoms with Gasteiger partial charge in [-0.25, -0.2) is 0 Å². The fourth-order valence-electron chi connectivity index (χ4n) is 2.15. The average Bonchev–Trinajstić information content (AvgIpc) is 3.09. The van der Waals surface area contributed by atoms with Crippen molar-refractivity contribution in [3.63, 3.8) is 0 Å². The molecule has 0 saturated carbocycles. The van der Waals surface area contributed by atoms with E-state index in [-0.39, 0.29) is 5.91 Å². The Bertz CT molecular complexity index is 665. The molecule has 0 fully saturated rings. The molecule has 1 amide bonds. The molecule has 5 heteroatoms. The maximum Gasteiger partial charge on any atom is 0.261 e. The first kappa shape index (κ1) is 14.7. The van der Waals surface area contributed by atoms with Gasteiger partial charge in [0, 0.05) is 6.54 Å². The van der Waals surface area contributed by atoms with Crippen LogP contribution in [0, 0.1) is 0 Å². The van der Waals surface area contributed by atoms with Crippen LogP contribution in [-0.2, 0) is 0 Å². The summed E-state index contributed by atoms with van der Waals surface area (Å²) in [4.78, 5) is 12.5. The van der Waals surface area contributed by atoms with Gasteiger partial charge in [0.25, 0.3) is 5.91 Å². The van der Waals surface area contributed by atoms with Gasteiger partial charge in [-0.1, -0.05) is 24.3 Å². The van der Waals surface area contributed by atoms with Crippen molar-refractivity contribution in [2.75, 3.05) is 19.8 Å². The van der Waals surface area contributed by atoms with E-state index in [4.69, 9.17) is 9.47 Å². The predicted molar refractivity (Wildman–Crippen MR) is 87.7 cm³/mol. The van der Waals surface area contributed by atoms with Gasteiger partial charge < -0.3 is 14.8 Å². The molecule has 3 rings (SSSR count). The third-order valence-corrected chi connectivity index (χ3v) is 4.09.